The molecule has 0 aliphatic heterocycles. The third-order valence-corrected chi connectivity index (χ3v) is 1.99. The van der Waals surface area contributed by atoms with Crippen molar-refractivity contribution >= 4 is 5.97 Å². The van der Waals surface area contributed by atoms with E-state index in [0.29, 0.717) is 5.75 Å². The van der Waals surface area contributed by atoms with Gasteiger partial charge in [0.15, 0.2) is 6.61 Å². The Bertz CT molecular complexity index is 536. The first-order valence-corrected chi connectivity index (χ1v) is 5.22. The maximum atomic E-state index is 11.9. The van der Waals surface area contributed by atoms with Gasteiger partial charge in [0.2, 0.25) is 0 Å². The lowest BCUT2D eigenvalue weighted by Gasteiger charge is -2.12. The second-order valence-corrected chi connectivity index (χ2v) is 3.23. The minimum absolute atomic E-state index is 0.113. The highest BCUT2D eigenvalue weighted by Crippen LogP contribution is 2.16. The Morgan fingerprint density at radius 3 is 2.95 bits per heavy atom. The molecular formula is C14H11FO4. The molecule has 0 radical (unpaired) electrons. The Hall–Kier alpha value is -2.50. The van der Waals surface area contributed by atoms with Crippen LogP contribution in [-0.4, -0.2) is 26.0 Å². The highest BCUT2D eigenvalue weighted by Gasteiger charge is 2.10. The minimum atomic E-state index is -1.05. The van der Waals surface area contributed by atoms with Gasteiger partial charge in [-0.1, -0.05) is 12.0 Å². The average Bonchev–Trinajstić information content (AvgIpc) is 2.44. The van der Waals surface area contributed by atoms with Crippen molar-refractivity contribution in [2.75, 3.05) is 13.7 Å². The van der Waals surface area contributed by atoms with Crippen LogP contribution in [0.1, 0.15) is 10.4 Å². The molecule has 1 unspecified atom stereocenters. The molecule has 1 rings (SSSR count). The van der Waals surface area contributed by atoms with E-state index in [1.165, 1.54) is 25.4 Å². The van der Waals surface area contributed by atoms with Crippen molar-refractivity contribution in [3.05, 3.63) is 29.8 Å². The van der Waals surface area contributed by atoms with E-state index in [1.54, 1.807) is 12.1 Å². The molecule has 1 aromatic rings. The van der Waals surface area contributed by atoms with Gasteiger partial charge in [0, 0.05) is 13.0 Å². The van der Waals surface area contributed by atoms with E-state index in [2.05, 4.69) is 11.8 Å². The predicted octanol–water partition coefficient (Wildman–Crippen LogP) is 1.76. The number of halogens is 1. The summed E-state index contributed by atoms with van der Waals surface area (Å²) in [5, 5.41) is 0. The van der Waals surface area contributed by atoms with Crippen LogP contribution in [0.2, 0.25) is 0 Å². The van der Waals surface area contributed by atoms with Crippen LogP contribution in [0, 0.1) is 24.4 Å². The Morgan fingerprint density at radius 2 is 2.32 bits per heavy atom. The second-order valence-electron chi connectivity index (χ2n) is 3.23. The van der Waals surface area contributed by atoms with Gasteiger partial charge in [-0.15, -0.1) is 10.8 Å². The van der Waals surface area contributed by atoms with Crippen LogP contribution in [0.5, 0.6) is 5.75 Å². The third-order valence-electron chi connectivity index (χ3n) is 1.99. The summed E-state index contributed by atoms with van der Waals surface area (Å²) in [6, 6.07) is 6.11. The molecule has 0 aliphatic carbocycles. The van der Waals surface area contributed by atoms with Crippen LogP contribution in [0.3, 0.4) is 0 Å². The zero-order valence-electron chi connectivity index (χ0n) is 10.2. The molecule has 0 heterocycles. The van der Waals surface area contributed by atoms with E-state index in [1.807, 2.05) is 0 Å². The fourth-order valence-electron chi connectivity index (χ4n) is 1.19. The number of carbonyl (C=O) groups is 1. The van der Waals surface area contributed by atoms with E-state index in [0.717, 1.165) is 0 Å². The van der Waals surface area contributed by atoms with Crippen molar-refractivity contribution in [3.8, 4) is 30.2 Å². The number of terminal acetylenes is 1. The van der Waals surface area contributed by atoms with E-state index in [-0.39, 0.29) is 12.2 Å². The van der Waals surface area contributed by atoms with E-state index in [9.17, 15) is 9.18 Å². The highest BCUT2D eigenvalue weighted by atomic mass is 19.1. The summed E-state index contributed by atoms with van der Waals surface area (Å²) >= 11 is 0. The lowest BCUT2D eigenvalue weighted by Crippen LogP contribution is -2.16. The Labute approximate surface area is 110 Å². The number of benzene rings is 1. The number of rotatable bonds is 5. The lowest BCUT2D eigenvalue weighted by atomic mass is 10.2. The topological polar surface area (TPSA) is 44.8 Å². The quantitative estimate of drug-likeness (QED) is 0.461. The van der Waals surface area contributed by atoms with Crippen molar-refractivity contribution in [2.24, 2.45) is 0 Å². The summed E-state index contributed by atoms with van der Waals surface area (Å²) in [6.45, 7) is -0.113. The number of ether oxygens (including phenoxy) is 3. The standard InChI is InChI=1S/C14H11FO4/c1-3-9-18-14(16)11-5-4-6-12(10-11)19-13(17-2)7-8-15/h1,4-6,10,13H,9H2,2H3. The summed E-state index contributed by atoms with van der Waals surface area (Å²) < 4.78 is 26.6. The SMILES string of the molecule is C#CCOC(=O)c1cccc(OC(C#CF)OC)c1. The molecule has 5 heteroatoms. The van der Waals surface area contributed by atoms with Crippen LogP contribution >= 0.6 is 0 Å². The first-order chi connectivity index (χ1) is 9.21. The van der Waals surface area contributed by atoms with Crippen molar-refractivity contribution in [2.45, 2.75) is 6.29 Å². The number of hydrogen-bond donors (Lipinski definition) is 0. The van der Waals surface area contributed by atoms with Crippen molar-refractivity contribution in [3.63, 3.8) is 0 Å². The Morgan fingerprint density at radius 1 is 1.53 bits per heavy atom. The van der Waals surface area contributed by atoms with Gasteiger partial charge in [0.1, 0.15) is 11.9 Å². The summed E-state index contributed by atoms with van der Waals surface area (Å²) in [6.07, 6.45) is 5.12. The van der Waals surface area contributed by atoms with Crippen LogP contribution < -0.4 is 4.74 Å². The molecule has 0 bridgehead atoms. The lowest BCUT2D eigenvalue weighted by molar-refractivity contribution is -0.00850. The highest BCUT2D eigenvalue weighted by molar-refractivity contribution is 5.89. The zero-order chi connectivity index (χ0) is 14.1. The molecule has 98 valence electrons. The molecule has 0 aliphatic rings. The molecule has 4 nitrogen and oxygen atoms in total. The van der Waals surface area contributed by atoms with Crippen molar-refractivity contribution < 1.29 is 23.4 Å². The molecule has 0 aromatic heterocycles. The van der Waals surface area contributed by atoms with Gasteiger partial charge in [-0.05, 0) is 18.2 Å². The first kappa shape index (κ1) is 14.6. The van der Waals surface area contributed by atoms with Crippen LogP contribution in [-0.2, 0) is 9.47 Å². The zero-order valence-corrected chi connectivity index (χ0v) is 10.2. The van der Waals surface area contributed by atoms with Gasteiger partial charge in [-0.2, -0.15) is 0 Å². The molecule has 0 saturated carbocycles. The molecule has 0 amide bonds. The first-order valence-electron chi connectivity index (χ1n) is 5.22. The number of carbonyl (C=O) groups excluding carboxylic acids is 1. The van der Waals surface area contributed by atoms with Crippen LogP contribution in [0.25, 0.3) is 0 Å². The van der Waals surface area contributed by atoms with Crippen LogP contribution in [0.15, 0.2) is 24.3 Å². The monoisotopic (exact) mass is 262 g/mol. The fourth-order valence-corrected chi connectivity index (χ4v) is 1.19. The van der Waals surface area contributed by atoms with Gasteiger partial charge < -0.3 is 14.2 Å². The number of hydrogen-bond acceptors (Lipinski definition) is 4. The molecular weight excluding hydrogens is 251 g/mol. The molecule has 1 atom stereocenters. The fraction of sp³-hybridized carbons (Fsp3) is 0.214. The van der Waals surface area contributed by atoms with Crippen molar-refractivity contribution in [1.82, 2.24) is 0 Å². The van der Waals surface area contributed by atoms with Gasteiger partial charge in [0.05, 0.1) is 5.56 Å². The Balaban J connectivity index is 2.78. The largest absolute Gasteiger partial charge is 0.453 e. The maximum Gasteiger partial charge on any atom is 0.339 e. The molecule has 0 spiro atoms. The molecule has 0 fully saturated rings. The second kappa shape index (κ2) is 7.75. The summed E-state index contributed by atoms with van der Waals surface area (Å²) in [5.41, 5.74) is 0.260. The van der Waals surface area contributed by atoms with E-state index >= 15 is 0 Å². The van der Waals surface area contributed by atoms with Gasteiger partial charge in [-0.3, -0.25) is 0 Å². The predicted molar refractivity (Wildman–Crippen MR) is 65.9 cm³/mol. The summed E-state index contributed by atoms with van der Waals surface area (Å²) in [7, 11) is 1.32. The smallest absolute Gasteiger partial charge is 0.339 e. The molecule has 0 saturated heterocycles. The summed E-state index contributed by atoms with van der Waals surface area (Å²) in [5.74, 6) is 3.97. The normalized spacial score (nSPS) is 10.6. The van der Waals surface area contributed by atoms with E-state index < -0.39 is 12.3 Å². The summed E-state index contributed by atoms with van der Waals surface area (Å²) in [4.78, 5) is 11.5. The number of methoxy groups -OCH3 is 1. The van der Waals surface area contributed by atoms with Crippen LogP contribution in [0.4, 0.5) is 4.39 Å². The Kier molecular flexibility index (Phi) is 5.94. The molecule has 19 heavy (non-hydrogen) atoms. The number of esters is 1. The minimum Gasteiger partial charge on any atom is -0.453 e. The third kappa shape index (κ3) is 4.71. The van der Waals surface area contributed by atoms with Crippen molar-refractivity contribution in [1.29, 1.82) is 0 Å². The van der Waals surface area contributed by atoms with Gasteiger partial charge in [0.25, 0.3) is 6.29 Å². The average molecular weight is 262 g/mol. The molecule has 1 aromatic carbocycles. The maximum absolute atomic E-state index is 11.9. The molecule has 0 N–H and O–H groups in total. The van der Waals surface area contributed by atoms with E-state index in [4.69, 9.17) is 20.6 Å². The van der Waals surface area contributed by atoms with Gasteiger partial charge in [-0.25, -0.2) is 4.79 Å². The van der Waals surface area contributed by atoms with Gasteiger partial charge >= 0.3 is 5.97 Å².